The maximum atomic E-state index is 13.5. The highest BCUT2D eigenvalue weighted by Crippen LogP contribution is 2.38. The second kappa shape index (κ2) is 5.94. The molecule has 0 saturated heterocycles. The Labute approximate surface area is 134 Å². The van der Waals surface area contributed by atoms with Crippen molar-refractivity contribution in [3.05, 3.63) is 67.9 Å². The number of hydrogen-bond donors (Lipinski definition) is 0. The fourth-order valence-corrected chi connectivity index (χ4v) is 3.72. The molecular formula is C15H12Br2ClF. The van der Waals surface area contributed by atoms with Crippen LogP contribution in [0.1, 0.15) is 27.1 Å². The highest BCUT2D eigenvalue weighted by Gasteiger charge is 2.17. The zero-order valence-electron chi connectivity index (χ0n) is 10.5. The monoisotopic (exact) mass is 404 g/mol. The summed E-state index contributed by atoms with van der Waals surface area (Å²) in [4.78, 5) is -0.0487. The Morgan fingerprint density at radius 3 is 2.37 bits per heavy atom. The van der Waals surface area contributed by atoms with E-state index in [1.165, 1.54) is 6.07 Å². The van der Waals surface area contributed by atoms with Crippen molar-refractivity contribution in [2.75, 3.05) is 0 Å². The Bertz CT molecular complexity index is 626. The molecule has 0 aliphatic carbocycles. The number of alkyl halides is 1. The lowest BCUT2D eigenvalue weighted by Crippen LogP contribution is -1.98. The zero-order valence-corrected chi connectivity index (χ0v) is 14.4. The van der Waals surface area contributed by atoms with Crippen molar-refractivity contribution in [2.45, 2.75) is 18.7 Å². The van der Waals surface area contributed by atoms with E-state index in [4.69, 9.17) is 11.6 Å². The Kier molecular flexibility index (Phi) is 4.70. The number of aryl methyl sites for hydroxylation is 2. The number of rotatable bonds is 2. The summed E-state index contributed by atoms with van der Waals surface area (Å²) in [6.07, 6.45) is 0. The van der Waals surface area contributed by atoms with Gasteiger partial charge in [-0.05, 0) is 54.3 Å². The number of benzene rings is 2. The largest absolute Gasteiger partial charge is 0.207 e. The molecule has 0 bridgehead atoms. The summed E-state index contributed by atoms with van der Waals surface area (Å²) in [5, 5.41) is 0.437. The van der Waals surface area contributed by atoms with Crippen molar-refractivity contribution in [3.63, 3.8) is 0 Å². The van der Waals surface area contributed by atoms with Crippen molar-refractivity contribution in [1.29, 1.82) is 0 Å². The summed E-state index contributed by atoms with van der Waals surface area (Å²) >= 11 is 13.3. The topological polar surface area (TPSA) is 0 Å². The first kappa shape index (κ1) is 15.0. The van der Waals surface area contributed by atoms with Gasteiger partial charge in [-0.15, -0.1) is 0 Å². The van der Waals surface area contributed by atoms with Crippen molar-refractivity contribution < 1.29 is 4.39 Å². The molecule has 19 heavy (non-hydrogen) atoms. The average molecular weight is 407 g/mol. The van der Waals surface area contributed by atoms with E-state index in [1.807, 2.05) is 25.1 Å². The van der Waals surface area contributed by atoms with Crippen LogP contribution in [0.3, 0.4) is 0 Å². The van der Waals surface area contributed by atoms with Gasteiger partial charge >= 0.3 is 0 Å². The molecule has 0 fully saturated rings. The quantitative estimate of drug-likeness (QED) is 0.510. The highest BCUT2D eigenvalue weighted by atomic mass is 79.9. The zero-order chi connectivity index (χ0) is 14.2. The van der Waals surface area contributed by atoms with Crippen molar-refractivity contribution in [1.82, 2.24) is 0 Å². The third kappa shape index (κ3) is 3.21. The highest BCUT2D eigenvalue weighted by molar-refractivity contribution is 9.10. The molecule has 4 heteroatoms. The molecule has 0 heterocycles. The van der Waals surface area contributed by atoms with E-state index in [0.717, 1.165) is 21.2 Å². The van der Waals surface area contributed by atoms with E-state index >= 15 is 0 Å². The molecule has 0 aliphatic heterocycles. The van der Waals surface area contributed by atoms with Gasteiger partial charge in [0.15, 0.2) is 0 Å². The van der Waals surface area contributed by atoms with E-state index in [0.29, 0.717) is 10.6 Å². The van der Waals surface area contributed by atoms with Crippen molar-refractivity contribution >= 4 is 43.5 Å². The van der Waals surface area contributed by atoms with E-state index in [9.17, 15) is 4.39 Å². The first-order chi connectivity index (χ1) is 8.90. The molecular weight excluding hydrogens is 394 g/mol. The Balaban J connectivity index is 2.49. The van der Waals surface area contributed by atoms with E-state index < -0.39 is 0 Å². The number of halogens is 4. The molecule has 1 atom stereocenters. The second-order valence-corrected chi connectivity index (χ2v) is 6.72. The smallest absolute Gasteiger partial charge is 0.127 e. The summed E-state index contributed by atoms with van der Waals surface area (Å²) in [6.45, 7) is 3.78. The third-order valence-electron chi connectivity index (χ3n) is 3.06. The Morgan fingerprint density at radius 2 is 1.74 bits per heavy atom. The standard InChI is InChI=1S/C15H12Br2ClF/c1-8-5-10(16)3-4-11(8)15(17)12-6-9(2)14(19)7-13(12)18/h3-7,15H,1-2H3. The first-order valence-corrected chi connectivity index (χ1v) is 7.84. The molecule has 0 aliphatic rings. The van der Waals surface area contributed by atoms with Gasteiger partial charge in [0.2, 0.25) is 0 Å². The average Bonchev–Trinajstić information content (AvgIpc) is 2.33. The van der Waals surface area contributed by atoms with E-state index in [-0.39, 0.29) is 10.6 Å². The molecule has 2 rings (SSSR count). The molecule has 0 nitrogen and oxygen atoms in total. The summed E-state index contributed by atoms with van der Waals surface area (Å²) in [5.41, 5.74) is 3.75. The lowest BCUT2D eigenvalue weighted by molar-refractivity contribution is 0.618. The minimum Gasteiger partial charge on any atom is -0.207 e. The van der Waals surface area contributed by atoms with Gasteiger partial charge in [-0.25, -0.2) is 4.39 Å². The SMILES string of the molecule is Cc1cc(C(Br)c2ccc(Br)cc2C)c(Cl)cc1F. The predicted octanol–water partition coefficient (Wildman–Crippen LogP) is 6.34. The number of hydrogen-bond acceptors (Lipinski definition) is 0. The fraction of sp³-hybridized carbons (Fsp3) is 0.200. The van der Waals surface area contributed by atoms with Crippen LogP contribution in [0.2, 0.25) is 5.02 Å². The molecule has 0 radical (unpaired) electrons. The molecule has 100 valence electrons. The molecule has 0 spiro atoms. The molecule has 0 saturated carbocycles. The van der Waals surface area contributed by atoms with Crippen LogP contribution in [-0.4, -0.2) is 0 Å². The molecule has 2 aromatic rings. The van der Waals surface area contributed by atoms with Crippen molar-refractivity contribution in [3.8, 4) is 0 Å². The van der Waals surface area contributed by atoms with Gasteiger partial charge in [0, 0.05) is 9.50 Å². The van der Waals surface area contributed by atoms with E-state index in [1.54, 1.807) is 13.0 Å². The molecule has 0 amide bonds. The van der Waals surface area contributed by atoms with Crippen LogP contribution in [0.15, 0.2) is 34.8 Å². The van der Waals surface area contributed by atoms with Crippen LogP contribution in [0, 0.1) is 19.7 Å². The Hall–Kier alpha value is -0.380. The summed E-state index contributed by atoms with van der Waals surface area (Å²) in [6, 6.07) is 9.23. The van der Waals surface area contributed by atoms with Gasteiger partial charge < -0.3 is 0 Å². The van der Waals surface area contributed by atoms with Crippen LogP contribution < -0.4 is 0 Å². The first-order valence-electron chi connectivity index (χ1n) is 5.76. The van der Waals surface area contributed by atoms with Crippen molar-refractivity contribution in [2.24, 2.45) is 0 Å². The molecule has 2 aromatic carbocycles. The van der Waals surface area contributed by atoms with Crippen LogP contribution in [0.5, 0.6) is 0 Å². The minimum absolute atomic E-state index is 0.0487. The van der Waals surface area contributed by atoms with Gasteiger partial charge in [-0.2, -0.15) is 0 Å². The third-order valence-corrected chi connectivity index (χ3v) is 4.86. The summed E-state index contributed by atoms with van der Waals surface area (Å²) in [7, 11) is 0. The minimum atomic E-state index is -0.277. The van der Waals surface area contributed by atoms with Crippen LogP contribution in [0.4, 0.5) is 4.39 Å². The summed E-state index contributed by atoms with van der Waals surface area (Å²) < 4.78 is 14.5. The molecule has 0 N–H and O–H groups in total. The fourth-order valence-electron chi connectivity index (χ4n) is 1.96. The van der Waals surface area contributed by atoms with Gasteiger partial charge in [0.1, 0.15) is 5.82 Å². The lowest BCUT2D eigenvalue weighted by atomic mass is 9.99. The van der Waals surface area contributed by atoms with Crippen LogP contribution in [0.25, 0.3) is 0 Å². The maximum Gasteiger partial charge on any atom is 0.127 e. The van der Waals surface area contributed by atoms with E-state index in [2.05, 4.69) is 31.9 Å². The van der Waals surface area contributed by atoms with Gasteiger partial charge in [0.05, 0.1) is 4.83 Å². The lowest BCUT2D eigenvalue weighted by Gasteiger charge is -2.16. The summed E-state index contributed by atoms with van der Waals surface area (Å²) in [5.74, 6) is -0.277. The van der Waals surface area contributed by atoms with Gasteiger partial charge in [-0.3, -0.25) is 0 Å². The van der Waals surface area contributed by atoms with Gasteiger partial charge in [-0.1, -0.05) is 55.6 Å². The maximum absolute atomic E-state index is 13.5. The predicted molar refractivity (Wildman–Crippen MR) is 85.8 cm³/mol. The Morgan fingerprint density at radius 1 is 1.05 bits per heavy atom. The second-order valence-electron chi connectivity index (χ2n) is 4.49. The van der Waals surface area contributed by atoms with Crippen LogP contribution >= 0.6 is 43.5 Å². The van der Waals surface area contributed by atoms with Crippen LogP contribution in [-0.2, 0) is 0 Å². The molecule has 1 unspecified atom stereocenters. The van der Waals surface area contributed by atoms with Gasteiger partial charge in [0.25, 0.3) is 0 Å². The molecule has 0 aromatic heterocycles. The normalized spacial score (nSPS) is 12.5.